The second-order valence-electron chi connectivity index (χ2n) is 9.63. The number of hydrogen-bond acceptors (Lipinski definition) is 12. The molecule has 3 aromatic rings. The van der Waals surface area contributed by atoms with Crippen LogP contribution < -0.4 is 10.1 Å². The zero-order chi connectivity index (χ0) is 31.8. The second kappa shape index (κ2) is 15.0. The van der Waals surface area contributed by atoms with Gasteiger partial charge in [-0.1, -0.05) is 53.7 Å². The molecule has 1 amide bonds. The monoisotopic (exact) mass is 646 g/mol. The highest BCUT2D eigenvalue weighted by Gasteiger charge is 2.51. The Labute approximate surface area is 262 Å². The van der Waals surface area contributed by atoms with Crippen molar-refractivity contribution in [2.45, 2.75) is 69.2 Å². The van der Waals surface area contributed by atoms with Crippen LogP contribution in [0.2, 0.25) is 5.02 Å². The lowest BCUT2D eigenvalue weighted by Crippen LogP contribution is -2.65. The lowest BCUT2D eigenvalue weighted by molar-refractivity contribution is -0.211. The van der Waals surface area contributed by atoms with Crippen LogP contribution in [0.1, 0.15) is 33.5 Å². The molecule has 13 nitrogen and oxygen atoms in total. The molecule has 0 unspecified atom stereocenters. The molecule has 0 aliphatic carbocycles. The highest BCUT2D eigenvalue weighted by Crippen LogP contribution is 2.37. The summed E-state index contributed by atoms with van der Waals surface area (Å²) in [5, 5.41) is 12.3. The van der Waals surface area contributed by atoms with Gasteiger partial charge in [0, 0.05) is 33.4 Å². The molecule has 0 spiro atoms. The third kappa shape index (κ3) is 8.49. The van der Waals surface area contributed by atoms with Crippen LogP contribution in [0, 0.1) is 0 Å². The van der Waals surface area contributed by atoms with Crippen molar-refractivity contribution in [1.82, 2.24) is 20.1 Å². The van der Waals surface area contributed by atoms with Gasteiger partial charge in [-0.2, -0.15) is 0 Å². The SMILES string of the molecule is CC(=O)N[C@H]1[C@@H](OC(C)=O)[C@H](OC(C)=O)[C@@H](COC(C)=O)O[C@H]1Sc1nnc(COc2ccccc2Cl)n1-c1ccccc1. The molecule has 1 aliphatic rings. The van der Waals surface area contributed by atoms with E-state index in [-0.39, 0.29) is 13.2 Å². The van der Waals surface area contributed by atoms with E-state index in [9.17, 15) is 19.2 Å². The van der Waals surface area contributed by atoms with E-state index in [4.69, 9.17) is 35.3 Å². The third-order valence-corrected chi connectivity index (χ3v) is 7.62. The first-order valence-electron chi connectivity index (χ1n) is 13.5. The fraction of sp³-hybridized carbons (Fsp3) is 0.379. The molecule has 0 radical (unpaired) electrons. The Morgan fingerprint density at radius 1 is 0.909 bits per heavy atom. The Hall–Kier alpha value is -4.14. The molecule has 2 heterocycles. The van der Waals surface area contributed by atoms with Gasteiger partial charge in [0.15, 0.2) is 23.2 Å². The second-order valence-corrected chi connectivity index (χ2v) is 11.1. The molecule has 15 heteroatoms. The average Bonchev–Trinajstić information content (AvgIpc) is 3.36. The Bertz CT molecular complexity index is 1490. The van der Waals surface area contributed by atoms with Crippen molar-refractivity contribution in [2.24, 2.45) is 0 Å². The minimum Gasteiger partial charge on any atom is -0.484 e. The number of thioether (sulfide) groups is 1. The predicted molar refractivity (Wildman–Crippen MR) is 157 cm³/mol. The van der Waals surface area contributed by atoms with Gasteiger partial charge >= 0.3 is 17.9 Å². The summed E-state index contributed by atoms with van der Waals surface area (Å²) in [6.07, 6.45) is -3.48. The zero-order valence-corrected chi connectivity index (χ0v) is 25.9. The molecule has 234 valence electrons. The molecular weight excluding hydrogens is 616 g/mol. The summed E-state index contributed by atoms with van der Waals surface area (Å²) in [6, 6.07) is 15.2. The minimum absolute atomic E-state index is 0.00646. The maximum Gasteiger partial charge on any atom is 0.303 e. The number of para-hydroxylation sites is 2. The number of benzene rings is 2. The topological polar surface area (TPSA) is 157 Å². The van der Waals surface area contributed by atoms with E-state index in [0.29, 0.717) is 27.4 Å². The number of carbonyl (C=O) groups is 4. The van der Waals surface area contributed by atoms with Gasteiger partial charge in [0.2, 0.25) is 5.91 Å². The Kier molecular flexibility index (Phi) is 11.2. The molecule has 1 aromatic heterocycles. The van der Waals surface area contributed by atoms with E-state index in [1.165, 1.54) is 27.7 Å². The molecule has 1 fully saturated rings. The Balaban J connectivity index is 1.73. The van der Waals surface area contributed by atoms with Crippen molar-refractivity contribution in [3.05, 3.63) is 65.4 Å². The van der Waals surface area contributed by atoms with Crippen molar-refractivity contribution in [1.29, 1.82) is 0 Å². The number of rotatable bonds is 11. The van der Waals surface area contributed by atoms with Crippen LogP contribution in [0.5, 0.6) is 5.75 Å². The van der Waals surface area contributed by atoms with E-state index >= 15 is 0 Å². The van der Waals surface area contributed by atoms with E-state index in [0.717, 1.165) is 11.8 Å². The highest BCUT2D eigenvalue weighted by atomic mass is 35.5. The van der Waals surface area contributed by atoms with Gasteiger partial charge in [-0.05, 0) is 24.3 Å². The number of ether oxygens (including phenoxy) is 5. The summed E-state index contributed by atoms with van der Waals surface area (Å²) in [5.41, 5.74) is -0.282. The number of nitrogens with zero attached hydrogens (tertiary/aromatic N) is 3. The predicted octanol–water partition coefficient (Wildman–Crippen LogP) is 3.25. The van der Waals surface area contributed by atoms with Gasteiger partial charge in [0.25, 0.3) is 0 Å². The number of nitrogens with one attached hydrogen (secondary N) is 1. The van der Waals surface area contributed by atoms with E-state index < -0.39 is 53.6 Å². The van der Waals surface area contributed by atoms with Crippen LogP contribution in [0.3, 0.4) is 0 Å². The van der Waals surface area contributed by atoms with Gasteiger partial charge in [-0.15, -0.1) is 10.2 Å². The third-order valence-electron chi connectivity index (χ3n) is 6.20. The Morgan fingerprint density at radius 2 is 1.57 bits per heavy atom. The summed E-state index contributed by atoms with van der Waals surface area (Å²) >= 11 is 7.34. The van der Waals surface area contributed by atoms with Gasteiger partial charge in [0.1, 0.15) is 36.5 Å². The molecular formula is C29H31ClN4O9S. The fourth-order valence-corrected chi connectivity index (χ4v) is 5.88. The van der Waals surface area contributed by atoms with Crippen LogP contribution >= 0.6 is 23.4 Å². The quantitative estimate of drug-likeness (QED) is 0.240. The summed E-state index contributed by atoms with van der Waals surface area (Å²) in [5.74, 6) is -1.55. The van der Waals surface area contributed by atoms with Crippen LogP contribution in [-0.2, 0) is 44.7 Å². The lowest BCUT2D eigenvalue weighted by Gasteiger charge is -2.44. The summed E-state index contributed by atoms with van der Waals surface area (Å²) < 4.78 is 30.3. The minimum atomic E-state index is -1.21. The van der Waals surface area contributed by atoms with Gasteiger partial charge in [0.05, 0.1) is 5.02 Å². The number of aromatic nitrogens is 3. The maximum atomic E-state index is 12.4. The van der Waals surface area contributed by atoms with Gasteiger partial charge in [-0.3, -0.25) is 23.7 Å². The molecule has 2 aromatic carbocycles. The van der Waals surface area contributed by atoms with Crippen LogP contribution in [-0.4, -0.2) is 75.0 Å². The van der Waals surface area contributed by atoms with Crippen LogP contribution in [0.25, 0.3) is 5.69 Å². The van der Waals surface area contributed by atoms with Crippen LogP contribution in [0.15, 0.2) is 59.8 Å². The number of esters is 3. The Morgan fingerprint density at radius 3 is 2.20 bits per heavy atom. The molecule has 0 saturated carbocycles. The number of amides is 1. The molecule has 44 heavy (non-hydrogen) atoms. The first-order chi connectivity index (χ1) is 21.0. The standard InChI is InChI=1S/C29H31ClN4O9S/c1-16(35)31-25-27(42-19(4)38)26(41-18(3)37)23(14-39-17(2)36)43-28(25)44-29-33-32-24(34(29)20-10-6-5-7-11-20)15-40-22-13-9-8-12-21(22)30/h5-13,23,25-28H,14-15H2,1-4H3,(H,31,35)/t23-,25+,26-,27-,28+/m1/s1. The summed E-state index contributed by atoms with van der Waals surface area (Å²) in [7, 11) is 0. The number of halogens is 1. The van der Waals surface area contributed by atoms with Crippen LogP contribution in [0.4, 0.5) is 0 Å². The normalized spacial score (nSPS) is 21.2. The fourth-order valence-electron chi connectivity index (χ4n) is 4.51. The summed E-state index contributed by atoms with van der Waals surface area (Å²) in [4.78, 5) is 48.3. The van der Waals surface area contributed by atoms with Gasteiger partial charge in [-0.25, -0.2) is 0 Å². The highest BCUT2D eigenvalue weighted by molar-refractivity contribution is 7.99. The lowest BCUT2D eigenvalue weighted by atomic mass is 9.97. The smallest absolute Gasteiger partial charge is 0.303 e. The number of carbonyl (C=O) groups excluding carboxylic acids is 4. The van der Waals surface area contributed by atoms with E-state index in [1.807, 2.05) is 30.3 Å². The van der Waals surface area contributed by atoms with Crippen molar-refractivity contribution in [3.63, 3.8) is 0 Å². The molecule has 0 bridgehead atoms. The zero-order valence-electron chi connectivity index (χ0n) is 24.3. The number of hydrogen-bond donors (Lipinski definition) is 1. The first kappa shape index (κ1) is 32.8. The molecule has 1 saturated heterocycles. The van der Waals surface area contributed by atoms with Crippen molar-refractivity contribution in [3.8, 4) is 11.4 Å². The van der Waals surface area contributed by atoms with Crippen molar-refractivity contribution in [2.75, 3.05) is 6.61 Å². The van der Waals surface area contributed by atoms with E-state index in [1.54, 1.807) is 28.8 Å². The average molecular weight is 647 g/mol. The molecule has 1 N–H and O–H groups in total. The largest absolute Gasteiger partial charge is 0.484 e. The molecule has 1 aliphatic heterocycles. The van der Waals surface area contributed by atoms with Crippen molar-refractivity contribution >= 4 is 47.2 Å². The van der Waals surface area contributed by atoms with Gasteiger partial charge < -0.3 is 29.0 Å². The molecule has 5 atom stereocenters. The maximum absolute atomic E-state index is 12.4. The summed E-state index contributed by atoms with van der Waals surface area (Å²) in [6.45, 7) is 4.55. The first-order valence-corrected chi connectivity index (χ1v) is 14.7. The van der Waals surface area contributed by atoms with E-state index in [2.05, 4.69) is 15.5 Å². The molecule has 4 rings (SSSR count). The van der Waals surface area contributed by atoms with Crippen molar-refractivity contribution < 1.29 is 42.9 Å².